The Balaban J connectivity index is 2.51. The molecule has 0 unspecified atom stereocenters. The van der Waals surface area contributed by atoms with Crippen molar-refractivity contribution in [2.75, 3.05) is 7.11 Å². The first-order valence-corrected chi connectivity index (χ1v) is 7.41. The smallest absolute Gasteiger partial charge is 0.194 e. The van der Waals surface area contributed by atoms with Crippen molar-refractivity contribution in [1.82, 2.24) is 0 Å². The molecule has 0 aromatic heterocycles. The third-order valence-corrected chi connectivity index (χ3v) is 4.00. The van der Waals surface area contributed by atoms with E-state index in [0.717, 1.165) is 22.2 Å². The van der Waals surface area contributed by atoms with Crippen molar-refractivity contribution in [3.63, 3.8) is 0 Å². The molecule has 0 N–H and O–H groups in total. The summed E-state index contributed by atoms with van der Waals surface area (Å²) in [6.07, 6.45) is 0.783. The first-order chi connectivity index (χ1) is 9.58. The fourth-order valence-corrected chi connectivity index (χ4v) is 2.96. The highest BCUT2D eigenvalue weighted by molar-refractivity contribution is 9.10. The van der Waals surface area contributed by atoms with Crippen LogP contribution in [0.15, 0.2) is 40.9 Å². The van der Waals surface area contributed by atoms with Gasteiger partial charge in [0.2, 0.25) is 0 Å². The second-order valence-electron chi connectivity index (χ2n) is 4.31. The molecule has 0 saturated heterocycles. The Morgan fingerprint density at radius 1 is 1.30 bits per heavy atom. The Labute approximate surface area is 131 Å². The Kier molecular flexibility index (Phi) is 4.84. The lowest BCUT2D eigenvalue weighted by atomic mass is 10.00. The van der Waals surface area contributed by atoms with Gasteiger partial charge in [-0.2, -0.15) is 0 Å². The fourth-order valence-electron chi connectivity index (χ4n) is 2.07. The number of hydrogen-bond acceptors (Lipinski definition) is 2. The van der Waals surface area contributed by atoms with Crippen LogP contribution in [0.1, 0.15) is 28.4 Å². The molecule has 0 bridgehead atoms. The number of rotatable bonds is 4. The molecular formula is C16H14BrClO2. The maximum absolute atomic E-state index is 12.5. The van der Waals surface area contributed by atoms with E-state index >= 15 is 0 Å². The summed E-state index contributed by atoms with van der Waals surface area (Å²) in [5.74, 6) is 0.678. The highest BCUT2D eigenvalue weighted by atomic mass is 79.9. The first kappa shape index (κ1) is 15.1. The molecule has 0 aliphatic rings. The molecule has 0 radical (unpaired) electrons. The van der Waals surface area contributed by atoms with Crippen LogP contribution in [0.3, 0.4) is 0 Å². The molecule has 2 rings (SSSR count). The monoisotopic (exact) mass is 352 g/mol. The predicted octanol–water partition coefficient (Wildman–Crippen LogP) is 4.90. The quantitative estimate of drug-likeness (QED) is 0.730. The van der Waals surface area contributed by atoms with Gasteiger partial charge < -0.3 is 4.74 Å². The number of benzene rings is 2. The Bertz CT molecular complexity index is 653. The number of ether oxygens (including phenoxy) is 1. The van der Waals surface area contributed by atoms with Crippen molar-refractivity contribution in [3.05, 3.63) is 62.6 Å². The van der Waals surface area contributed by atoms with Gasteiger partial charge in [0.05, 0.1) is 16.6 Å². The van der Waals surface area contributed by atoms with Gasteiger partial charge in [-0.3, -0.25) is 4.79 Å². The number of halogens is 2. The van der Waals surface area contributed by atoms with Crippen LogP contribution in [0, 0.1) is 0 Å². The van der Waals surface area contributed by atoms with E-state index in [0.29, 0.717) is 16.1 Å². The summed E-state index contributed by atoms with van der Waals surface area (Å²) < 4.78 is 6.12. The average Bonchev–Trinajstić information content (AvgIpc) is 2.46. The highest BCUT2D eigenvalue weighted by Crippen LogP contribution is 2.32. The Morgan fingerprint density at radius 3 is 2.60 bits per heavy atom. The zero-order chi connectivity index (χ0) is 14.7. The predicted molar refractivity (Wildman–Crippen MR) is 85.0 cm³/mol. The van der Waals surface area contributed by atoms with E-state index in [9.17, 15) is 4.79 Å². The lowest BCUT2D eigenvalue weighted by molar-refractivity contribution is 0.103. The molecule has 0 saturated carbocycles. The number of ketones is 1. The van der Waals surface area contributed by atoms with Gasteiger partial charge in [-0.1, -0.05) is 30.7 Å². The molecule has 0 heterocycles. The summed E-state index contributed by atoms with van der Waals surface area (Å²) in [5.41, 5.74) is 2.09. The molecule has 0 fully saturated rings. The number of aryl methyl sites for hydroxylation is 1. The van der Waals surface area contributed by atoms with Crippen molar-refractivity contribution in [2.45, 2.75) is 13.3 Å². The van der Waals surface area contributed by atoms with Crippen LogP contribution in [-0.2, 0) is 6.42 Å². The summed E-state index contributed by atoms with van der Waals surface area (Å²) in [6, 6.07) is 10.7. The van der Waals surface area contributed by atoms with E-state index in [4.69, 9.17) is 16.3 Å². The number of methoxy groups -OCH3 is 1. The van der Waals surface area contributed by atoms with Gasteiger partial charge in [-0.05, 0) is 52.2 Å². The van der Waals surface area contributed by atoms with Crippen LogP contribution in [-0.4, -0.2) is 12.9 Å². The zero-order valence-corrected chi connectivity index (χ0v) is 13.6. The number of hydrogen-bond donors (Lipinski definition) is 0. The van der Waals surface area contributed by atoms with Crippen LogP contribution in [0.2, 0.25) is 5.02 Å². The van der Waals surface area contributed by atoms with Gasteiger partial charge in [0, 0.05) is 11.1 Å². The minimum absolute atomic E-state index is 0.0892. The molecule has 0 aliphatic carbocycles. The van der Waals surface area contributed by atoms with Crippen LogP contribution >= 0.6 is 27.5 Å². The summed E-state index contributed by atoms with van der Waals surface area (Å²) in [7, 11) is 1.62. The second kappa shape index (κ2) is 6.42. The lowest BCUT2D eigenvalue weighted by Gasteiger charge is -2.12. The van der Waals surface area contributed by atoms with Crippen molar-refractivity contribution >= 4 is 33.3 Å². The van der Waals surface area contributed by atoms with Gasteiger partial charge >= 0.3 is 0 Å². The normalized spacial score (nSPS) is 10.4. The van der Waals surface area contributed by atoms with Crippen LogP contribution in [0.4, 0.5) is 0 Å². The zero-order valence-electron chi connectivity index (χ0n) is 11.2. The maximum atomic E-state index is 12.5. The van der Waals surface area contributed by atoms with E-state index in [2.05, 4.69) is 15.9 Å². The molecule has 0 atom stereocenters. The Hall–Kier alpha value is -1.32. The molecule has 0 aliphatic heterocycles. The largest absolute Gasteiger partial charge is 0.495 e. The molecule has 4 heteroatoms. The van der Waals surface area contributed by atoms with Crippen molar-refractivity contribution in [3.8, 4) is 5.75 Å². The maximum Gasteiger partial charge on any atom is 0.194 e. The number of carbonyl (C=O) groups is 1. The van der Waals surface area contributed by atoms with Crippen molar-refractivity contribution < 1.29 is 9.53 Å². The van der Waals surface area contributed by atoms with Gasteiger partial charge in [0.15, 0.2) is 5.78 Å². The third kappa shape index (κ3) is 2.89. The SMILES string of the molecule is CCc1cc(C(=O)c2ccccc2Cl)cc(Br)c1OC. The first-order valence-electron chi connectivity index (χ1n) is 6.24. The molecule has 2 aromatic rings. The molecule has 0 amide bonds. The van der Waals surface area contributed by atoms with Gasteiger partial charge in [-0.25, -0.2) is 0 Å². The summed E-state index contributed by atoms with van der Waals surface area (Å²) in [6.45, 7) is 2.02. The third-order valence-electron chi connectivity index (χ3n) is 3.09. The number of carbonyl (C=O) groups excluding carboxylic acids is 1. The van der Waals surface area contributed by atoms with E-state index in [-0.39, 0.29) is 5.78 Å². The minimum atomic E-state index is -0.0892. The van der Waals surface area contributed by atoms with Gasteiger partial charge in [0.1, 0.15) is 5.75 Å². The summed E-state index contributed by atoms with van der Waals surface area (Å²) in [4.78, 5) is 12.5. The molecule has 20 heavy (non-hydrogen) atoms. The van der Waals surface area contributed by atoms with Crippen LogP contribution in [0.5, 0.6) is 5.75 Å². The van der Waals surface area contributed by atoms with Gasteiger partial charge in [-0.15, -0.1) is 0 Å². The molecular weight excluding hydrogens is 340 g/mol. The lowest BCUT2D eigenvalue weighted by Crippen LogP contribution is -2.04. The fraction of sp³-hybridized carbons (Fsp3) is 0.188. The Morgan fingerprint density at radius 2 is 2.00 bits per heavy atom. The summed E-state index contributed by atoms with van der Waals surface area (Å²) in [5, 5.41) is 0.461. The molecule has 2 nitrogen and oxygen atoms in total. The van der Waals surface area contributed by atoms with Crippen LogP contribution < -0.4 is 4.74 Å². The topological polar surface area (TPSA) is 26.3 Å². The molecule has 0 spiro atoms. The molecule has 2 aromatic carbocycles. The second-order valence-corrected chi connectivity index (χ2v) is 5.57. The van der Waals surface area contributed by atoms with Crippen molar-refractivity contribution in [2.24, 2.45) is 0 Å². The van der Waals surface area contributed by atoms with Gasteiger partial charge in [0.25, 0.3) is 0 Å². The van der Waals surface area contributed by atoms with Crippen molar-refractivity contribution in [1.29, 1.82) is 0 Å². The summed E-state index contributed by atoms with van der Waals surface area (Å²) >= 11 is 9.53. The average molecular weight is 354 g/mol. The standard InChI is InChI=1S/C16H14BrClO2/c1-3-10-8-11(9-13(17)16(10)20-2)15(19)12-6-4-5-7-14(12)18/h4-9H,3H2,1-2H3. The van der Waals surface area contributed by atoms with E-state index < -0.39 is 0 Å². The van der Waals surface area contributed by atoms with E-state index in [1.807, 2.05) is 13.0 Å². The molecule has 104 valence electrons. The van der Waals surface area contributed by atoms with Crippen LogP contribution in [0.25, 0.3) is 0 Å². The van der Waals surface area contributed by atoms with E-state index in [1.165, 1.54) is 0 Å². The highest BCUT2D eigenvalue weighted by Gasteiger charge is 2.16. The minimum Gasteiger partial charge on any atom is -0.495 e. The van der Waals surface area contributed by atoms with E-state index in [1.54, 1.807) is 37.4 Å².